The molecular weight excluding hydrogens is 378 g/mol. The molecule has 4 rings (SSSR count). The number of aryl methyl sites for hydroxylation is 3. The second kappa shape index (κ2) is 8.13. The summed E-state index contributed by atoms with van der Waals surface area (Å²) in [6.07, 6.45) is 3.88. The molecule has 0 bridgehead atoms. The summed E-state index contributed by atoms with van der Waals surface area (Å²) in [5.74, 6) is 0.0335. The maximum absolute atomic E-state index is 13.3. The van der Waals surface area contributed by atoms with Crippen LogP contribution in [0.25, 0.3) is 10.2 Å². The monoisotopic (exact) mass is 401 g/mol. The lowest BCUT2D eigenvalue weighted by atomic mass is 10.1. The van der Waals surface area contributed by atoms with Crippen molar-refractivity contribution in [2.45, 2.75) is 33.7 Å². The Kier molecular flexibility index (Phi) is 5.41. The van der Waals surface area contributed by atoms with Crippen LogP contribution in [0.5, 0.6) is 0 Å². The fourth-order valence-electron chi connectivity index (χ4n) is 3.24. The van der Waals surface area contributed by atoms with E-state index in [1.807, 2.05) is 43.3 Å². The number of benzene rings is 2. The highest BCUT2D eigenvalue weighted by atomic mass is 32.1. The van der Waals surface area contributed by atoms with Gasteiger partial charge in [-0.2, -0.15) is 0 Å². The predicted molar refractivity (Wildman–Crippen MR) is 119 cm³/mol. The van der Waals surface area contributed by atoms with Gasteiger partial charge in [-0.15, -0.1) is 0 Å². The molecule has 1 amide bonds. The van der Waals surface area contributed by atoms with E-state index in [1.54, 1.807) is 28.6 Å². The number of hydrogen-bond acceptors (Lipinski definition) is 4. The van der Waals surface area contributed by atoms with Crippen LogP contribution in [0.2, 0.25) is 0 Å². The van der Waals surface area contributed by atoms with E-state index < -0.39 is 0 Å². The molecule has 0 atom stereocenters. The highest BCUT2D eigenvalue weighted by molar-refractivity contribution is 7.22. The molecule has 0 N–H and O–H groups in total. The Labute approximate surface area is 174 Å². The second-order valence-electron chi connectivity index (χ2n) is 7.35. The van der Waals surface area contributed by atoms with E-state index in [2.05, 4.69) is 31.0 Å². The Hall–Kier alpha value is -3.05. The van der Waals surface area contributed by atoms with E-state index in [9.17, 15) is 4.79 Å². The standard InChI is InChI=1S/C24H23N3OS/c1-16-6-9-19(10-7-16)13-22(28)27(15-20-5-4-12-25-14-20)24-26-23-18(3)17(2)8-11-21(23)29-24/h4-12,14H,13,15H2,1-3H3. The number of fused-ring (bicyclic) bond motifs is 1. The van der Waals surface area contributed by atoms with Crippen molar-refractivity contribution in [3.8, 4) is 0 Å². The molecule has 0 saturated carbocycles. The molecule has 2 heterocycles. The first-order chi connectivity index (χ1) is 14.0. The number of aromatic nitrogens is 2. The third-order valence-electron chi connectivity index (χ3n) is 5.14. The van der Waals surface area contributed by atoms with Crippen molar-refractivity contribution in [1.29, 1.82) is 0 Å². The normalized spacial score (nSPS) is 11.0. The van der Waals surface area contributed by atoms with Gasteiger partial charge in [0.1, 0.15) is 0 Å². The molecular formula is C24H23N3OS. The number of pyridine rings is 1. The maximum atomic E-state index is 13.3. The number of amides is 1. The summed E-state index contributed by atoms with van der Waals surface area (Å²) in [5.41, 5.74) is 6.52. The van der Waals surface area contributed by atoms with E-state index >= 15 is 0 Å². The van der Waals surface area contributed by atoms with Crippen LogP contribution in [0.3, 0.4) is 0 Å². The van der Waals surface area contributed by atoms with E-state index in [4.69, 9.17) is 4.98 Å². The highest BCUT2D eigenvalue weighted by Gasteiger charge is 2.21. The summed E-state index contributed by atoms with van der Waals surface area (Å²) in [6.45, 7) is 6.67. The minimum absolute atomic E-state index is 0.0335. The van der Waals surface area contributed by atoms with Crippen molar-refractivity contribution < 1.29 is 4.79 Å². The first kappa shape index (κ1) is 19.3. The van der Waals surface area contributed by atoms with Crippen LogP contribution in [0, 0.1) is 20.8 Å². The van der Waals surface area contributed by atoms with Gasteiger partial charge >= 0.3 is 0 Å². The Balaban J connectivity index is 1.70. The molecule has 4 nitrogen and oxygen atoms in total. The van der Waals surface area contributed by atoms with Crippen LogP contribution in [-0.4, -0.2) is 15.9 Å². The zero-order valence-electron chi connectivity index (χ0n) is 16.8. The topological polar surface area (TPSA) is 46.1 Å². The van der Waals surface area contributed by atoms with Gasteiger partial charge in [0.15, 0.2) is 5.13 Å². The number of rotatable bonds is 5. The molecule has 146 valence electrons. The summed E-state index contributed by atoms with van der Waals surface area (Å²) >= 11 is 1.56. The second-order valence-corrected chi connectivity index (χ2v) is 8.36. The van der Waals surface area contributed by atoms with Gasteiger partial charge in [0, 0.05) is 12.4 Å². The van der Waals surface area contributed by atoms with Gasteiger partial charge in [-0.1, -0.05) is 53.3 Å². The molecule has 29 heavy (non-hydrogen) atoms. The van der Waals surface area contributed by atoms with Crippen LogP contribution in [0.1, 0.15) is 27.8 Å². The van der Waals surface area contributed by atoms with Crippen LogP contribution >= 0.6 is 11.3 Å². The Morgan fingerprint density at radius 2 is 1.79 bits per heavy atom. The van der Waals surface area contributed by atoms with Crippen LogP contribution in [0.15, 0.2) is 60.9 Å². The van der Waals surface area contributed by atoms with Crippen LogP contribution in [-0.2, 0) is 17.8 Å². The average Bonchev–Trinajstić information content (AvgIpc) is 3.16. The first-order valence-electron chi connectivity index (χ1n) is 9.63. The molecule has 2 aromatic heterocycles. The van der Waals surface area contributed by atoms with Gasteiger partial charge in [-0.25, -0.2) is 4.98 Å². The summed E-state index contributed by atoms with van der Waals surface area (Å²) in [4.78, 5) is 24.1. The average molecular weight is 402 g/mol. The molecule has 0 fully saturated rings. The summed E-state index contributed by atoms with van der Waals surface area (Å²) in [6, 6.07) is 16.2. The number of nitrogens with zero attached hydrogens (tertiary/aromatic N) is 3. The van der Waals surface area contributed by atoms with Gasteiger partial charge in [0.05, 0.1) is 23.2 Å². The molecule has 5 heteroatoms. The van der Waals surface area contributed by atoms with Crippen molar-refractivity contribution in [2.24, 2.45) is 0 Å². The van der Waals surface area contributed by atoms with Gasteiger partial charge < -0.3 is 0 Å². The van der Waals surface area contributed by atoms with Gasteiger partial charge in [0.25, 0.3) is 0 Å². The third kappa shape index (κ3) is 4.20. The van der Waals surface area contributed by atoms with Crippen molar-refractivity contribution in [2.75, 3.05) is 4.90 Å². The zero-order chi connectivity index (χ0) is 20.4. The van der Waals surface area contributed by atoms with E-state index in [1.165, 1.54) is 11.1 Å². The number of hydrogen-bond donors (Lipinski definition) is 0. The molecule has 0 spiro atoms. The molecule has 0 aliphatic carbocycles. The third-order valence-corrected chi connectivity index (χ3v) is 6.19. The smallest absolute Gasteiger partial charge is 0.233 e. The van der Waals surface area contributed by atoms with Crippen molar-refractivity contribution in [3.63, 3.8) is 0 Å². The first-order valence-corrected chi connectivity index (χ1v) is 10.4. The lowest BCUT2D eigenvalue weighted by Crippen LogP contribution is -2.31. The van der Waals surface area contributed by atoms with E-state index in [0.29, 0.717) is 13.0 Å². The summed E-state index contributed by atoms with van der Waals surface area (Å²) in [5, 5.41) is 0.731. The Morgan fingerprint density at radius 1 is 1.00 bits per heavy atom. The molecule has 0 radical (unpaired) electrons. The Morgan fingerprint density at radius 3 is 2.52 bits per heavy atom. The zero-order valence-corrected chi connectivity index (χ0v) is 17.7. The summed E-state index contributed by atoms with van der Waals surface area (Å²) < 4.78 is 1.10. The lowest BCUT2D eigenvalue weighted by Gasteiger charge is -2.20. The van der Waals surface area contributed by atoms with Crippen LogP contribution in [0.4, 0.5) is 5.13 Å². The molecule has 0 aliphatic rings. The SMILES string of the molecule is Cc1ccc(CC(=O)N(Cc2cccnc2)c2nc3c(C)c(C)ccc3s2)cc1. The summed E-state index contributed by atoms with van der Waals surface area (Å²) in [7, 11) is 0. The van der Waals surface area contributed by atoms with Crippen molar-refractivity contribution in [1.82, 2.24) is 9.97 Å². The van der Waals surface area contributed by atoms with E-state index in [0.717, 1.165) is 32.0 Å². The largest absolute Gasteiger partial charge is 0.283 e. The minimum Gasteiger partial charge on any atom is -0.283 e. The molecule has 4 aromatic rings. The molecule has 0 saturated heterocycles. The van der Waals surface area contributed by atoms with Gasteiger partial charge in [-0.3, -0.25) is 14.7 Å². The molecule has 2 aromatic carbocycles. The number of anilines is 1. The number of carbonyl (C=O) groups is 1. The fraction of sp³-hybridized carbons (Fsp3) is 0.208. The van der Waals surface area contributed by atoms with Gasteiger partial charge in [-0.05, 0) is 55.2 Å². The number of thiazole rings is 1. The van der Waals surface area contributed by atoms with Crippen LogP contribution < -0.4 is 4.90 Å². The Bertz CT molecular complexity index is 1150. The predicted octanol–water partition coefficient (Wildman–Crippen LogP) is 5.39. The molecule has 0 aliphatic heterocycles. The van der Waals surface area contributed by atoms with Gasteiger partial charge in [0.2, 0.25) is 5.91 Å². The minimum atomic E-state index is 0.0335. The van der Waals surface area contributed by atoms with Crippen molar-refractivity contribution in [3.05, 3.63) is 88.7 Å². The van der Waals surface area contributed by atoms with Crippen molar-refractivity contribution >= 4 is 32.6 Å². The quantitative estimate of drug-likeness (QED) is 0.450. The fourth-order valence-corrected chi connectivity index (χ4v) is 4.28. The van der Waals surface area contributed by atoms with E-state index in [-0.39, 0.29) is 5.91 Å². The maximum Gasteiger partial charge on any atom is 0.233 e. The lowest BCUT2D eigenvalue weighted by molar-refractivity contribution is -0.118. The molecule has 0 unspecified atom stereocenters. The highest BCUT2D eigenvalue weighted by Crippen LogP contribution is 2.33. The number of carbonyl (C=O) groups excluding carboxylic acids is 1.